The summed E-state index contributed by atoms with van der Waals surface area (Å²) in [6.45, 7) is 0. The molecule has 0 bridgehead atoms. The Morgan fingerprint density at radius 2 is 0.523 bits per heavy atom. The Morgan fingerprint density at radius 3 is 0.727 bits per heavy atom. The van der Waals surface area contributed by atoms with Crippen LogP contribution in [0, 0.1) is 0 Å². The fourth-order valence-electron chi connectivity index (χ4n) is 2.98. The molecule has 1 fully saturated rings. The molecule has 5 unspecified atom stereocenters. The molecule has 14 N–H and O–H groups in total. The Balaban J connectivity index is 4.06. The van der Waals surface area contributed by atoms with Gasteiger partial charge >= 0.3 is 62.6 Å². The van der Waals surface area contributed by atoms with E-state index in [2.05, 4.69) is 35.6 Å². The van der Waals surface area contributed by atoms with Gasteiger partial charge in [0.05, 0.1) is 0 Å². The molecular weight excluding hydrogens is 800 g/mol. The van der Waals surface area contributed by atoms with Crippen LogP contribution in [0.25, 0.3) is 0 Å². The topological polar surface area (TPSA) is 494 Å². The third-order valence-corrected chi connectivity index (χ3v) is 11.5. The molecule has 1 rings (SSSR count). The van der Waals surface area contributed by atoms with Crippen LogP contribution in [0.15, 0.2) is 0 Å². The predicted octanol–water partition coefficient (Wildman–Crippen LogP) is -2.90. The molecule has 0 spiro atoms. The van der Waals surface area contributed by atoms with Crippen LogP contribution in [0.1, 0.15) is 0 Å². The molecule has 264 valence electrons. The van der Waals surface area contributed by atoms with Gasteiger partial charge in [0, 0.05) is 0 Å². The number of phosphoric acid groups is 8. The molecule has 0 aromatic rings. The monoisotopic (exact) mass is 820 g/mol. The number of aliphatic hydroxyl groups excluding tert-OH is 1. The molecular formula is C6H20O30P8. The first-order valence-corrected chi connectivity index (χ1v) is 21.6. The van der Waals surface area contributed by atoms with Crippen LogP contribution >= 0.6 is 62.6 Å². The second-order valence-corrected chi connectivity index (χ2v) is 18.2. The number of rotatable bonds is 16. The average Bonchev–Trinajstić information content (AvgIpc) is 2.63. The molecule has 1 aliphatic rings. The second-order valence-electron chi connectivity index (χ2n) is 7.44. The van der Waals surface area contributed by atoms with Crippen molar-refractivity contribution in [2.75, 3.05) is 0 Å². The molecule has 30 nitrogen and oxygen atoms in total. The van der Waals surface area contributed by atoms with E-state index in [4.69, 9.17) is 29.4 Å². The first kappa shape index (κ1) is 43.0. The fraction of sp³-hybridized carbons (Fsp3) is 1.00. The predicted molar refractivity (Wildman–Crippen MR) is 123 cm³/mol. The first-order valence-electron chi connectivity index (χ1n) is 9.51. The maximum Gasteiger partial charge on any atom is 0.481 e. The van der Waals surface area contributed by atoms with E-state index in [-0.39, 0.29) is 0 Å². The zero-order chi connectivity index (χ0) is 35.1. The van der Waals surface area contributed by atoms with Crippen LogP contribution in [0.5, 0.6) is 0 Å². The molecule has 0 amide bonds. The van der Waals surface area contributed by atoms with Gasteiger partial charge in [0.15, 0.2) is 0 Å². The Labute approximate surface area is 240 Å². The van der Waals surface area contributed by atoms with E-state index in [0.29, 0.717) is 0 Å². The minimum absolute atomic E-state index is 3.36. The number of phosphoric ester groups is 5. The largest absolute Gasteiger partial charge is 0.481 e. The van der Waals surface area contributed by atoms with Crippen LogP contribution in [-0.2, 0) is 72.1 Å². The van der Waals surface area contributed by atoms with E-state index in [0.717, 1.165) is 0 Å². The van der Waals surface area contributed by atoms with E-state index in [1.54, 1.807) is 0 Å². The van der Waals surface area contributed by atoms with Crippen molar-refractivity contribution in [3.63, 3.8) is 0 Å². The fourth-order valence-corrected chi connectivity index (χ4v) is 9.43. The normalized spacial score (nSPS) is 30.2. The van der Waals surface area contributed by atoms with Gasteiger partial charge in [0.25, 0.3) is 0 Å². The minimum atomic E-state index is -6.53. The SMILES string of the molecule is O=P(O)(O)O[C@@H]1C(OP(=O)(O)OP(=O)(O)O)[C@H](OP(=O)(O)O)[C@@H](OP(=O)(O)OP(=O)(O)O)C(O)[C@H]1OP(=O)(O)OP(=O)(O)O. The third kappa shape index (κ3) is 16.4. The zero-order valence-corrected chi connectivity index (χ0v) is 27.0. The van der Waals surface area contributed by atoms with Crippen molar-refractivity contribution < 1.29 is 141 Å². The summed E-state index contributed by atoms with van der Waals surface area (Å²) >= 11 is 0. The lowest BCUT2D eigenvalue weighted by atomic mass is 9.85. The molecule has 1 aliphatic carbocycles. The van der Waals surface area contributed by atoms with Gasteiger partial charge in [-0.2, -0.15) is 12.9 Å². The summed E-state index contributed by atoms with van der Waals surface area (Å²) in [5.41, 5.74) is 0. The van der Waals surface area contributed by atoms with Crippen LogP contribution in [0.4, 0.5) is 0 Å². The number of aliphatic hydroxyl groups is 1. The summed E-state index contributed by atoms with van der Waals surface area (Å²) in [4.78, 5) is 119. The van der Waals surface area contributed by atoms with Gasteiger partial charge in [-0.1, -0.05) is 0 Å². The lowest BCUT2D eigenvalue weighted by Crippen LogP contribution is -2.66. The molecule has 0 heterocycles. The Bertz CT molecular complexity index is 1320. The van der Waals surface area contributed by atoms with Gasteiger partial charge < -0.3 is 68.7 Å². The van der Waals surface area contributed by atoms with Gasteiger partial charge in [-0.25, -0.2) is 36.5 Å². The highest BCUT2D eigenvalue weighted by atomic mass is 31.3. The molecule has 0 aliphatic heterocycles. The summed E-state index contributed by atoms with van der Waals surface area (Å²) < 4.78 is 124. The molecule has 44 heavy (non-hydrogen) atoms. The number of hydrogen-bond donors (Lipinski definition) is 14. The summed E-state index contributed by atoms with van der Waals surface area (Å²) in [5, 5.41) is 10.7. The van der Waals surface area contributed by atoms with E-state index in [1.807, 2.05) is 0 Å². The highest BCUT2D eigenvalue weighted by Crippen LogP contribution is 2.64. The Hall–Kier alpha value is 0.960. The van der Waals surface area contributed by atoms with Crippen molar-refractivity contribution in [2.45, 2.75) is 36.6 Å². The molecule has 1 saturated carbocycles. The molecule has 0 radical (unpaired) electrons. The zero-order valence-electron chi connectivity index (χ0n) is 19.8. The third-order valence-electron chi connectivity index (χ3n) is 3.88. The highest BCUT2D eigenvalue weighted by Gasteiger charge is 2.62. The quantitative estimate of drug-likeness (QED) is 0.0694. The van der Waals surface area contributed by atoms with Crippen LogP contribution < -0.4 is 0 Å². The van der Waals surface area contributed by atoms with Crippen molar-refractivity contribution in [1.29, 1.82) is 0 Å². The standard InChI is InChI=1S/C6H20O30P8/c7-1-2(31-42(23,24)34-39(14,15)16)4(29-37(8,9)10)6(33-44(27,28)36-41(20,21)22)5(30-38(11,12)13)3(1)32-43(25,26)35-40(17,18)19/h1-7H,(H,23,24)(H,25,26)(H,27,28)(H2,8,9,10)(H2,11,12,13)(H2,14,15,16)(H2,17,18,19)(H2,20,21,22)/t1?,2-,3+,4+,5-,6?. The average molecular weight is 820 g/mol. The second kappa shape index (κ2) is 14.4. The maximum absolute atomic E-state index is 12.3. The van der Waals surface area contributed by atoms with Crippen LogP contribution in [0.2, 0.25) is 0 Å². The lowest BCUT2D eigenvalue weighted by Gasteiger charge is -2.47. The summed E-state index contributed by atoms with van der Waals surface area (Å²) in [7, 11) is -50.3. The molecule has 0 aromatic heterocycles. The van der Waals surface area contributed by atoms with E-state index >= 15 is 0 Å². The molecule has 9 atom stereocenters. The Kier molecular flexibility index (Phi) is 14.1. The van der Waals surface area contributed by atoms with Gasteiger partial charge in [0.2, 0.25) is 0 Å². The van der Waals surface area contributed by atoms with Gasteiger partial charge in [-0.15, -0.1) is 0 Å². The molecule has 0 aromatic carbocycles. The van der Waals surface area contributed by atoms with Crippen molar-refractivity contribution in [2.24, 2.45) is 0 Å². The maximum atomic E-state index is 12.3. The summed E-state index contributed by atoms with van der Waals surface area (Å²) in [6, 6.07) is 0. The van der Waals surface area contributed by atoms with Crippen LogP contribution in [0.3, 0.4) is 0 Å². The lowest BCUT2D eigenvalue weighted by molar-refractivity contribution is -0.205. The van der Waals surface area contributed by atoms with E-state index < -0.39 is 99.2 Å². The minimum Gasteiger partial charge on any atom is -0.387 e. The van der Waals surface area contributed by atoms with Crippen molar-refractivity contribution in [3.05, 3.63) is 0 Å². The Morgan fingerprint density at radius 1 is 0.318 bits per heavy atom. The van der Waals surface area contributed by atoms with Crippen molar-refractivity contribution >= 4 is 62.6 Å². The van der Waals surface area contributed by atoms with E-state index in [9.17, 15) is 75.9 Å². The van der Waals surface area contributed by atoms with Gasteiger partial charge in [-0.3, -0.25) is 22.6 Å². The van der Waals surface area contributed by atoms with Gasteiger partial charge in [0.1, 0.15) is 36.6 Å². The van der Waals surface area contributed by atoms with Crippen LogP contribution in [-0.4, -0.2) is 105 Å². The smallest absolute Gasteiger partial charge is 0.387 e. The molecule has 0 saturated heterocycles. The van der Waals surface area contributed by atoms with E-state index in [1.165, 1.54) is 0 Å². The van der Waals surface area contributed by atoms with Crippen molar-refractivity contribution in [1.82, 2.24) is 0 Å². The first-order chi connectivity index (χ1) is 19.0. The summed E-state index contributed by atoms with van der Waals surface area (Å²) in [5.74, 6) is 0. The number of hydrogen-bond acceptors (Lipinski definition) is 17. The molecule has 38 heteroatoms. The highest BCUT2D eigenvalue weighted by molar-refractivity contribution is 7.61. The summed E-state index contributed by atoms with van der Waals surface area (Å²) in [6.07, 6.45) is -20.5. The van der Waals surface area contributed by atoms with Crippen molar-refractivity contribution in [3.8, 4) is 0 Å². The van der Waals surface area contributed by atoms with Gasteiger partial charge in [-0.05, 0) is 0 Å².